The Morgan fingerprint density at radius 3 is 2.67 bits per heavy atom. The molecule has 0 saturated heterocycles. The van der Waals surface area contributed by atoms with Crippen LogP contribution in [0, 0.1) is 11.6 Å². The van der Waals surface area contributed by atoms with Crippen LogP contribution in [0.15, 0.2) is 29.3 Å². The Hall–Kier alpha value is -2.04. The molecule has 0 bridgehead atoms. The van der Waals surface area contributed by atoms with Crippen molar-refractivity contribution >= 4 is 0 Å². The van der Waals surface area contributed by atoms with Crippen molar-refractivity contribution in [2.24, 2.45) is 0 Å². The second-order valence-electron chi connectivity index (χ2n) is 4.25. The monoisotopic (exact) mass is 250 g/mol. The average Bonchev–Trinajstić information content (AvgIpc) is 2.32. The van der Waals surface area contributed by atoms with Crippen LogP contribution in [0.1, 0.15) is 25.3 Å². The first-order chi connectivity index (χ1) is 8.52. The second-order valence-corrected chi connectivity index (χ2v) is 4.25. The van der Waals surface area contributed by atoms with Gasteiger partial charge in [-0.15, -0.1) is 0 Å². The molecule has 0 saturated carbocycles. The van der Waals surface area contributed by atoms with E-state index >= 15 is 0 Å². The predicted octanol–water partition coefficient (Wildman–Crippen LogP) is 2.84. The molecule has 0 aliphatic heterocycles. The van der Waals surface area contributed by atoms with Crippen molar-refractivity contribution in [3.8, 4) is 11.3 Å². The van der Waals surface area contributed by atoms with Crippen LogP contribution in [0.2, 0.25) is 0 Å². The fraction of sp³-hybridized carbons (Fsp3) is 0.231. The maximum atomic E-state index is 13.7. The van der Waals surface area contributed by atoms with Gasteiger partial charge in [0.25, 0.3) is 5.56 Å². The van der Waals surface area contributed by atoms with Gasteiger partial charge in [-0.05, 0) is 18.1 Å². The number of aromatic nitrogens is 2. The summed E-state index contributed by atoms with van der Waals surface area (Å²) in [5, 5.41) is 0. The van der Waals surface area contributed by atoms with Gasteiger partial charge in [-0.1, -0.05) is 19.9 Å². The summed E-state index contributed by atoms with van der Waals surface area (Å²) in [4.78, 5) is 18.2. The Balaban J connectivity index is 2.76. The molecule has 0 aliphatic rings. The van der Waals surface area contributed by atoms with Gasteiger partial charge in [0.15, 0.2) is 11.6 Å². The van der Waals surface area contributed by atoms with Crippen LogP contribution in [0.3, 0.4) is 0 Å². The largest absolute Gasteiger partial charge is 0.313 e. The van der Waals surface area contributed by atoms with E-state index in [4.69, 9.17) is 0 Å². The average molecular weight is 250 g/mol. The molecule has 1 aromatic heterocycles. The standard InChI is InChI=1S/C13H12F2N2O/c1-7(2)10-12(16-6-17-13(10)18)8-4-3-5-9(14)11(8)15/h3-7H,1-2H3,(H,16,17,18). The minimum Gasteiger partial charge on any atom is -0.313 e. The topological polar surface area (TPSA) is 45.8 Å². The highest BCUT2D eigenvalue weighted by molar-refractivity contribution is 5.63. The Morgan fingerprint density at radius 1 is 1.28 bits per heavy atom. The lowest BCUT2D eigenvalue weighted by atomic mass is 9.98. The summed E-state index contributed by atoms with van der Waals surface area (Å²) in [7, 11) is 0. The summed E-state index contributed by atoms with van der Waals surface area (Å²) < 4.78 is 26.9. The van der Waals surface area contributed by atoms with E-state index in [9.17, 15) is 13.6 Å². The van der Waals surface area contributed by atoms with Crippen LogP contribution >= 0.6 is 0 Å². The van der Waals surface area contributed by atoms with Crippen molar-refractivity contribution in [2.75, 3.05) is 0 Å². The molecule has 0 radical (unpaired) electrons. The minimum absolute atomic E-state index is 0.00444. The second kappa shape index (κ2) is 4.68. The zero-order chi connectivity index (χ0) is 13.3. The number of nitrogens with zero attached hydrogens (tertiary/aromatic N) is 1. The summed E-state index contributed by atoms with van der Waals surface area (Å²) in [5.41, 5.74) is 0.205. The van der Waals surface area contributed by atoms with Crippen LogP contribution in [0.4, 0.5) is 8.78 Å². The van der Waals surface area contributed by atoms with Crippen molar-refractivity contribution in [3.63, 3.8) is 0 Å². The molecule has 18 heavy (non-hydrogen) atoms. The molecule has 0 unspecified atom stereocenters. The van der Waals surface area contributed by atoms with E-state index in [-0.39, 0.29) is 22.7 Å². The Kier molecular flexibility index (Phi) is 3.23. The number of hydrogen-bond donors (Lipinski definition) is 1. The molecule has 3 nitrogen and oxygen atoms in total. The first kappa shape index (κ1) is 12.4. The normalized spacial score (nSPS) is 10.9. The third-order valence-electron chi connectivity index (χ3n) is 2.67. The number of aromatic amines is 1. The molecule has 0 fully saturated rings. The van der Waals surface area contributed by atoms with Crippen molar-refractivity contribution < 1.29 is 8.78 Å². The van der Waals surface area contributed by atoms with Crippen molar-refractivity contribution in [2.45, 2.75) is 19.8 Å². The van der Waals surface area contributed by atoms with Crippen molar-refractivity contribution in [3.05, 3.63) is 52.1 Å². The molecule has 0 amide bonds. The fourth-order valence-corrected chi connectivity index (χ4v) is 1.85. The van der Waals surface area contributed by atoms with Gasteiger partial charge in [0.05, 0.1) is 12.0 Å². The molecule has 1 heterocycles. The number of nitrogens with one attached hydrogen (secondary N) is 1. The molecular weight excluding hydrogens is 238 g/mol. The molecule has 1 N–H and O–H groups in total. The van der Waals surface area contributed by atoms with E-state index in [1.807, 2.05) is 0 Å². The quantitative estimate of drug-likeness (QED) is 0.890. The highest BCUT2D eigenvalue weighted by Crippen LogP contribution is 2.27. The van der Waals surface area contributed by atoms with Crippen LogP contribution in [0.25, 0.3) is 11.3 Å². The maximum absolute atomic E-state index is 13.7. The maximum Gasteiger partial charge on any atom is 0.254 e. The van der Waals surface area contributed by atoms with Crippen LogP contribution in [-0.2, 0) is 0 Å². The van der Waals surface area contributed by atoms with Gasteiger partial charge in [-0.3, -0.25) is 4.79 Å². The minimum atomic E-state index is -0.988. The van der Waals surface area contributed by atoms with Crippen LogP contribution in [0.5, 0.6) is 0 Å². The van der Waals surface area contributed by atoms with E-state index in [0.717, 1.165) is 6.07 Å². The number of halogens is 2. The Bertz CT molecular complexity index is 635. The third kappa shape index (κ3) is 2.03. The highest BCUT2D eigenvalue weighted by atomic mass is 19.2. The van der Waals surface area contributed by atoms with E-state index in [1.165, 1.54) is 18.5 Å². The van der Waals surface area contributed by atoms with Crippen LogP contribution in [-0.4, -0.2) is 9.97 Å². The summed E-state index contributed by atoms with van der Waals surface area (Å²) in [6, 6.07) is 3.83. The van der Waals surface area contributed by atoms with E-state index < -0.39 is 11.6 Å². The zero-order valence-electron chi connectivity index (χ0n) is 10.00. The molecule has 0 aliphatic carbocycles. The molecule has 5 heteroatoms. The molecular formula is C13H12F2N2O. The van der Waals surface area contributed by atoms with Gasteiger partial charge in [-0.25, -0.2) is 13.8 Å². The lowest BCUT2D eigenvalue weighted by molar-refractivity contribution is 0.510. The summed E-state index contributed by atoms with van der Waals surface area (Å²) >= 11 is 0. The fourth-order valence-electron chi connectivity index (χ4n) is 1.85. The number of benzene rings is 1. The van der Waals surface area contributed by atoms with Gasteiger partial charge < -0.3 is 4.98 Å². The van der Waals surface area contributed by atoms with Gasteiger partial charge >= 0.3 is 0 Å². The number of hydrogen-bond acceptors (Lipinski definition) is 2. The van der Waals surface area contributed by atoms with Crippen molar-refractivity contribution in [1.82, 2.24) is 9.97 Å². The highest BCUT2D eigenvalue weighted by Gasteiger charge is 2.18. The lowest BCUT2D eigenvalue weighted by Gasteiger charge is -2.11. The van der Waals surface area contributed by atoms with Gasteiger partial charge in [0.1, 0.15) is 0 Å². The van der Waals surface area contributed by atoms with Gasteiger partial charge in [0, 0.05) is 11.1 Å². The molecule has 0 spiro atoms. The number of rotatable bonds is 2. The van der Waals surface area contributed by atoms with Gasteiger partial charge in [-0.2, -0.15) is 0 Å². The van der Waals surface area contributed by atoms with Crippen molar-refractivity contribution in [1.29, 1.82) is 0 Å². The molecule has 94 valence electrons. The third-order valence-corrected chi connectivity index (χ3v) is 2.67. The SMILES string of the molecule is CC(C)c1c(-c2cccc(F)c2F)nc[nH]c1=O. The summed E-state index contributed by atoms with van der Waals surface area (Å²) in [6.45, 7) is 3.60. The van der Waals surface area contributed by atoms with E-state index in [1.54, 1.807) is 13.8 Å². The smallest absolute Gasteiger partial charge is 0.254 e. The number of H-pyrrole nitrogens is 1. The van der Waals surface area contributed by atoms with Gasteiger partial charge in [0.2, 0.25) is 0 Å². The van der Waals surface area contributed by atoms with E-state index in [2.05, 4.69) is 9.97 Å². The lowest BCUT2D eigenvalue weighted by Crippen LogP contribution is -2.16. The first-order valence-electron chi connectivity index (χ1n) is 5.54. The predicted molar refractivity (Wildman–Crippen MR) is 64.3 cm³/mol. The molecule has 1 aromatic carbocycles. The zero-order valence-corrected chi connectivity index (χ0v) is 10.00. The summed E-state index contributed by atoms with van der Waals surface area (Å²) in [6.07, 6.45) is 1.19. The summed E-state index contributed by atoms with van der Waals surface area (Å²) in [5.74, 6) is -2.08. The molecule has 2 rings (SSSR count). The first-order valence-corrected chi connectivity index (χ1v) is 5.54. The molecule has 2 aromatic rings. The van der Waals surface area contributed by atoms with Crippen LogP contribution < -0.4 is 5.56 Å². The Morgan fingerprint density at radius 2 is 2.00 bits per heavy atom. The molecule has 0 atom stereocenters. The van der Waals surface area contributed by atoms with E-state index in [0.29, 0.717) is 5.56 Å². The Labute approximate surface area is 103 Å².